The van der Waals surface area contributed by atoms with Gasteiger partial charge in [-0.2, -0.15) is 0 Å². The lowest BCUT2D eigenvalue weighted by Gasteiger charge is -2.18. The van der Waals surface area contributed by atoms with Crippen molar-refractivity contribution in [2.45, 2.75) is 5.75 Å². The average molecular weight is 498 g/mol. The number of rotatable bonds is 7. The zero-order valence-electron chi connectivity index (χ0n) is 19.8. The third-order valence-corrected chi connectivity index (χ3v) is 6.42. The number of amides is 1. The molecule has 5 rings (SSSR count). The highest BCUT2D eigenvalue weighted by atomic mass is 32.2. The van der Waals surface area contributed by atoms with Gasteiger partial charge in [0.05, 0.1) is 31.9 Å². The SMILES string of the molecule is COc1ccc(C=C2N=C(SCc3ncc(-c4ccccc4)o3)N(c3cccc(OC)c3)C2=O)cc1. The number of methoxy groups -OCH3 is 2. The number of oxazole rings is 1. The van der Waals surface area contributed by atoms with Crippen molar-refractivity contribution >= 4 is 34.6 Å². The summed E-state index contributed by atoms with van der Waals surface area (Å²) in [5.74, 6) is 2.83. The minimum atomic E-state index is -0.223. The van der Waals surface area contributed by atoms with Crippen LogP contribution in [0.1, 0.15) is 11.5 Å². The van der Waals surface area contributed by atoms with Crippen LogP contribution >= 0.6 is 11.8 Å². The number of nitrogens with zero attached hydrogens (tertiary/aromatic N) is 3. The number of amidine groups is 1. The summed E-state index contributed by atoms with van der Waals surface area (Å²) < 4.78 is 16.5. The Bertz CT molecular complexity index is 1430. The van der Waals surface area contributed by atoms with Crippen LogP contribution in [0.3, 0.4) is 0 Å². The summed E-state index contributed by atoms with van der Waals surface area (Å²) in [4.78, 5) is 24.1. The first kappa shape index (κ1) is 23.4. The molecule has 0 saturated heterocycles. The first-order valence-electron chi connectivity index (χ1n) is 11.2. The van der Waals surface area contributed by atoms with Gasteiger partial charge in [0.25, 0.3) is 5.91 Å². The van der Waals surface area contributed by atoms with Crippen LogP contribution in [0.5, 0.6) is 11.5 Å². The van der Waals surface area contributed by atoms with Gasteiger partial charge in [-0.1, -0.05) is 60.3 Å². The Balaban J connectivity index is 1.43. The Kier molecular flexibility index (Phi) is 6.86. The van der Waals surface area contributed by atoms with Gasteiger partial charge in [-0.3, -0.25) is 9.69 Å². The summed E-state index contributed by atoms with van der Waals surface area (Å²) in [5.41, 5.74) is 2.81. The number of hydrogen-bond donors (Lipinski definition) is 0. The molecule has 1 aliphatic heterocycles. The molecule has 0 unspecified atom stereocenters. The molecule has 1 amide bonds. The largest absolute Gasteiger partial charge is 0.497 e. The smallest absolute Gasteiger partial charge is 0.283 e. The molecule has 0 fully saturated rings. The van der Waals surface area contributed by atoms with Crippen molar-refractivity contribution in [3.63, 3.8) is 0 Å². The molecule has 2 heterocycles. The first-order chi connectivity index (χ1) is 17.6. The zero-order chi connectivity index (χ0) is 24.9. The van der Waals surface area contributed by atoms with E-state index in [1.165, 1.54) is 11.8 Å². The van der Waals surface area contributed by atoms with E-state index in [0.717, 1.165) is 16.9 Å². The second-order valence-electron chi connectivity index (χ2n) is 7.81. The monoisotopic (exact) mass is 497 g/mol. The molecular formula is C28H23N3O4S. The van der Waals surface area contributed by atoms with Gasteiger partial charge in [-0.25, -0.2) is 9.98 Å². The lowest BCUT2D eigenvalue weighted by molar-refractivity contribution is -0.113. The van der Waals surface area contributed by atoms with Crippen molar-refractivity contribution in [1.82, 2.24) is 4.98 Å². The van der Waals surface area contributed by atoms with Crippen LogP contribution < -0.4 is 14.4 Å². The number of anilines is 1. The summed E-state index contributed by atoms with van der Waals surface area (Å²) in [6.07, 6.45) is 3.48. The third kappa shape index (κ3) is 5.04. The van der Waals surface area contributed by atoms with Gasteiger partial charge >= 0.3 is 0 Å². The van der Waals surface area contributed by atoms with Crippen LogP contribution in [-0.4, -0.2) is 30.3 Å². The molecule has 0 spiro atoms. The lowest BCUT2D eigenvalue weighted by Crippen LogP contribution is -2.30. The van der Waals surface area contributed by atoms with Crippen molar-refractivity contribution in [2.24, 2.45) is 4.99 Å². The topological polar surface area (TPSA) is 77.2 Å². The Hall–Kier alpha value is -4.30. The van der Waals surface area contributed by atoms with E-state index in [4.69, 9.17) is 13.9 Å². The van der Waals surface area contributed by atoms with Crippen LogP contribution in [0.25, 0.3) is 17.4 Å². The van der Waals surface area contributed by atoms with E-state index in [1.54, 1.807) is 31.4 Å². The third-order valence-electron chi connectivity index (χ3n) is 5.50. The van der Waals surface area contributed by atoms with Crippen molar-refractivity contribution in [3.8, 4) is 22.8 Å². The maximum atomic E-state index is 13.5. The minimum absolute atomic E-state index is 0.223. The van der Waals surface area contributed by atoms with Gasteiger partial charge in [0, 0.05) is 11.6 Å². The Morgan fingerprint density at radius 2 is 1.72 bits per heavy atom. The molecule has 36 heavy (non-hydrogen) atoms. The number of aromatic nitrogens is 1. The van der Waals surface area contributed by atoms with E-state index in [0.29, 0.717) is 39.7 Å². The lowest BCUT2D eigenvalue weighted by atomic mass is 10.2. The average Bonchev–Trinajstić information content (AvgIpc) is 3.53. The van der Waals surface area contributed by atoms with Crippen LogP contribution in [0, 0.1) is 0 Å². The maximum Gasteiger partial charge on any atom is 0.283 e. The van der Waals surface area contributed by atoms with Crippen LogP contribution in [0.15, 0.2) is 100 Å². The number of thioether (sulfide) groups is 1. The summed E-state index contributed by atoms with van der Waals surface area (Å²) in [7, 11) is 3.21. The Labute approximate surface area is 213 Å². The van der Waals surface area contributed by atoms with Crippen molar-refractivity contribution in [3.05, 3.63) is 102 Å². The van der Waals surface area contributed by atoms with Gasteiger partial charge < -0.3 is 13.9 Å². The second-order valence-corrected chi connectivity index (χ2v) is 8.75. The normalized spacial score (nSPS) is 14.3. The molecule has 0 radical (unpaired) electrons. The van der Waals surface area contributed by atoms with E-state index in [2.05, 4.69) is 9.98 Å². The van der Waals surface area contributed by atoms with Crippen molar-refractivity contribution in [2.75, 3.05) is 19.1 Å². The molecule has 3 aromatic carbocycles. The van der Waals surface area contributed by atoms with Gasteiger partial charge in [0.2, 0.25) is 5.89 Å². The molecular weight excluding hydrogens is 474 g/mol. The highest BCUT2D eigenvalue weighted by molar-refractivity contribution is 8.13. The number of hydrogen-bond acceptors (Lipinski definition) is 7. The van der Waals surface area contributed by atoms with Crippen LogP contribution in [0.2, 0.25) is 0 Å². The predicted octanol–water partition coefficient (Wildman–Crippen LogP) is 6.04. The fraction of sp³-hybridized carbons (Fsp3) is 0.107. The standard InChI is InChI=1S/C28H23N3O4S/c1-33-22-13-11-19(12-14-22)15-24-27(32)31(21-9-6-10-23(16-21)34-2)28(30-24)36-18-26-29-17-25(35-26)20-7-4-3-5-8-20/h3-17H,18H2,1-2H3. The molecule has 1 aromatic heterocycles. The van der Waals surface area contributed by atoms with Gasteiger partial charge in [0.15, 0.2) is 10.9 Å². The van der Waals surface area contributed by atoms with Crippen molar-refractivity contribution < 1.29 is 18.7 Å². The zero-order valence-corrected chi connectivity index (χ0v) is 20.6. The molecule has 180 valence electrons. The van der Waals surface area contributed by atoms with Crippen molar-refractivity contribution in [1.29, 1.82) is 0 Å². The van der Waals surface area contributed by atoms with Gasteiger partial charge in [-0.15, -0.1) is 0 Å². The highest BCUT2D eigenvalue weighted by Crippen LogP contribution is 2.33. The van der Waals surface area contributed by atoms with Crippen LogP contribution in [-0.2, 0) is 10.5 Å². The number of carbonyl (C=O) groups excluding carboxylic acids is 1. The number of benzene rings is 3. The second kappa shape index (κ2) is 10.5. The number of aliphatic imine (C=N–C) groups is 1. The molecule has 4 aromatic rings. The van der Waals surface area contributed by atoms with Gasteiger partial charge in [0.1, 0.15) is 17.2 Å². The van der Waals surface area contributed by atoms with E-state index in [9.17, 15) is 4.79 Å². The Morgan fingerprint density at radius 3 is 2.47 bits per heavy atom. The number of carbonyl (C=O) groups is 1. The van der Waals surface area contributed by atoms with E-state index < -0.39 is 0 Å². The molecule has 7 nitrogen and oxygen atoms in total. The first-order valence-corrected chi connectivity index (χ1v) is 12.2. The fourth-order valence-electron chi connectivity index (χ4n) is 3.67. The highest BCUT2D eigenvalue weighted by Gasteiger charge is 2.32. The molecule has 1 aliphatic rings. The van der Waals surface area contributed by atoms with Gasteiger partial charge in [-0.05, 0) is 35.9 Å². The molecule has 0 aliphatic carbocycles. The Morgan fingerprint density at radius 1 is 0.944 bits per heavy atom. The molecule has 0 N–H and O–H groups in total. The summed E-state index contributed by atoms with van der Waals surface area (Å²) >= 11 is 1.38. The quantitative estimate of drug-likeness (QED) is 0.290. The summed E-state index contributed by atoms with van der Waals surface area (Å²) in [6, 6.07) is 24.6. The van der Waals surface area contributed by atoms with E-state index in [-0.39, 0.29) is 5.91 Å². The van der Waals surface area contributed by atoms with Crippen LogP contribution in [0.4, 0.5) is 5.69 Å². The predicted molar refractivity (Wildman–Crippen MR) is 142 cm³/mol. The maximum absolute atomic E-state index is 13.5. The summed E-state index contributed by atoms with van der Waals surface area (Å²) in [6.45, 7) is 0. The summed E-state index contributed by atoms with van der Waals surface area (Å²) in [5, 5.41) is 0.535. The molecule has 8 heteroatoms. The molecule has 0 saturated carbocycles. The number of ether oxygens (including phenoxy) is 2. The van der Waals surface area contributed by atoms with E-state index in [1.807, 2.05) is 78.9 Å². The van der Waals surface area contributed by atoms with E-state index >= 15 is 0 Å². The molecule has 0 atom stereocenters. The minimum Gasteiger partial charge on any atom is -0.497 e. The fourth-order valence-corrected chi connectivity index (χ4v) is 4.53. The molecule has 0 bridgehead atoms.